The Morgan fingerprint density at radius 2 is 1.71 bits per heavy atom. The molecule has 0 radical (unpaired) electrons. The van der Waals surface area contributed by atoms with Gasteiger partial charge in [0.2, 0.25) is 5.91 Å². The van der Waals surface area contributed by atoms with Gasteiger partial charge in [0, 0.05) is 25.8 Å². The van der Waals surface area contributed by atoms with Crippen LogP contribution >= 0.6 is 0 Å². The lowest BCUT2D eigenvalue weighted by Crippen LogP contribution is -2.47. The molecule has 1 heterocycles. The smallest absolute Gasteiger partial charge is 0.255 e. The number of hydrogen-bond acceptors (Lipinski definition) is 4. The number of benzene rings is 3. The zero-order valence-corrected chi connectivity index (χ0v) is 19.2. The van der Waals surface area contributed by atoms with E-state index in [9.17, 15) is 14.0 Å². The third-order valence-corrected chi connectivity index (χ3v) is 6.05. The molecule has 0 aromatic heterocycles. The van der Waals surface area contributed by atoms with E-state index in [2.05, 4.69) is 5.32 Å². The summed E-state index contributed by atoms with van der Waals surface area (Å²) in [6.07, 6.45) is 0. The maximum Gasteiger partial charge on any atom is 0.255 e. The van der Waals surface area contributed by atoms with Crippen LogP contribution in [-0.2, 0) is 16.1 Å². The van der Waals surface area contributed by atoms with Gasteiger partial charge in [-0.25, -0.2) is 4.39 Å². The molecule has 0 saturated carbocycles. The molecule has 3 aromatic carbocycles. The van der Waals surface area contributed by atoms with Crippen molar-refractivity contribution in [1.82, 2.24) is 10.2 Å². The Bertz CT molecular complexity index is 1150. The van der Waals surface area contributed by atoms with Gasteiger partial charge in [-0.15, -0.1) is 0 Å². The predicted octanol–water partition coefficient (Wildman–Crippen LogP) is 4.08. The average molecular weight is 463 g/mol. The number of methoxy groups -OCH3 is 2. The zero-order chi connectivity index (χ0) is 24.1. The number of nitrogens with one attached hydrogen (secondary N) is 1. The number of ether oxygens (including phenoxy) is 2. The Morgan fingerprint density at radius 1 is 1.00 bits per heavy atom. The van der Waals surface area contributed by atoms with E-state index < -0.39 is 12.0 Å². The van der Waals surface area contributed by atoms with E-state index in [4.69, 9.17) is 9.47 Å². The predicted molar refractivity (Wildman–Crippen MR) is 126 cm³/mol. The SMILES string of the molecule is COCCNC(=O)[C@@H]1c2ccccc2C(=O)N(Cc2ccc(F)cc2)[C@H]1c1ccc(OC)cc1. The summed E-state index contributed by atoms with van der Waals surface area (Å²) in [5, 5.41) is 2.95. The van der Waals surface area contributed by atoms with Crippen molar-refractivity contribution in [2.24, 2.45) is 0 Å². The summed E-state index contributed by atoms with van der Waals surface area (Å²) < 4.78 is 23.9. The second-order valence-corrected chi connectivity index (χ2v) is 8.13. The number of fused-ring (bicyclic) bond motifs is 1. The third-order valence-electron chi connectivity index (χ3n) is 6.05. The first-order valence-corrected chi connectivity index (χ1v) is 11.1. The van der Waals surface area contributed by atoms with Crippen molar-refractivity contribution in [1.29, 1.82) is 0 Å². The Kier molecular flexibility index (Phi) is 7.23. The van der Waals surface area contributed by atoms with Gasteiger partial charge in [-0.3, -0.25) is 9.59 Å². The number of amides is 2. The molecule has 2 atom stereocenters. The maximum absolute atomic E-state index is 13.7. The summed E-state index contributed by atoms with van der Waals surface area (Å²) >= 11 is 0. The summed E-state index contributed by atoms with van der Waals surface area (Å²) in [4.78, 5) is 28.9. The molecule has 1 aliphatic heterocycles. The van der Waals surface area contributed by atoms with Gasteiger partial charge in [0.25, 0.3) is 5.91 Å². The van der Waals surface area contributed by atoms with Crippen LogP contribution in [0.3, 0.4) is 0 Å². The van der Waals surface area contributed by atoms with Gasteiger partial charge < -0.3 is 19.7 Å². The molecule has 1 aliphatic rings. The van der Waals surface area contributed by atoms with E-state index in [0.717, 1.165) is 11.1 Å². The molecule has 6 nitrogen and oxygen atoms in total. The van der Waals surface area contributed by atoms with Gasteiger partial charge in [0.1, 0.15) is 11.6 Å². The summed E-state index contributed by atoms with van der Waals surface area (Å²) in [6.45, 7) is 0.965. The summed E-state index contributed by atoms with van der Waals surface area (Å²) in [5.74, 6) is -0.679. The molecule has 0 unspecified atom stereocenters. The van der Waals surface area contributed by atoms with Crippen molar-refractivity contribution >= 4 is 11.8 Å². The van der Waals surface area contributed by atoms with Crippen molar-refractivity contribution in [3.05, 3.63) is 101 Å². The number of carbonyl (C=O) groups excluding carboxylic acids is 2. The van der Waals surface area contributed by atoms with Crippen LogP contribution in [0.1, 0.15) is 39.0 Å². The number of carbonyl (C=O) groups is 2. The summed E-state index contributed by atoms with van der Waals surface area (Å²) in [5.41, 5.74) is 2.74. The Morgan fingerprint density at radius 3 is 2.38 bits per heavy atom. The molecule has 2 amide bonds. The van der Waals surface area contributed by atoms with Crippen LogP contribution < -0.4 is 10.1 Å². The quantitative estimate of drug-likeness (QED) is 0.513. The second kappa shape index (κ2) is 10.5. The largest absolute Gasteiger partial charge is 0.497 e. The molecule has 0 fully saturated rings. The molecule has 7 heteroatoms. The molecule has 0 aliphatic carbocycles. The molecular formula is C27H27FN2O4. The summed E-state index contributed by atoms with van der Waals surface area (Å²) in [6, 6.07) is 20.1. The first-order chi connectivity index (χ1) is 16.5. The van der Waals surface area contributed by atoms with Crippen molar-refractivity contribution in [3.63, 3.8) is 0 Å². The van der Waals surface area contributed by atoms with Crippen LogP contribution in [0, 0.1) is 5.82 Å². The van der Waals surface area contributed by atoms with Crippen LogP contribution in [0.25, 0.3) is 0 Å². The van der Waals surface area contributed by atoms with Crippen LogP contribution in [0.2, 0.25) is 0 Å². The first-order valence-electron chi connectivity index (χ1n) is 11.1. The summed E-state index contributed by atoms with van der Waals surface area (Å²) in [7, 11) is 3.16. The Balaban J connectivity index is 1.82. The molecule has 4 rings (SSSR count). The minimum atomic E-state index is -0.639. The van der Waals surface area contributed by atoms with Gasteiger partial charge in [-0.05, 0) is 47.0 Å². The second-order valence-electron chi connectivity index (χ2n) is 8.13. The van der Waals surface area contributed by atoms with Crippen molar-refractivity contribution < 1.29 is 23.5 Å². The van der Waals surface area contributed by atoms with Gasteiger partial charge in [-0.1, -0.05) is 42.5 Å². The Hall–Kier alpha value is -3.71. The van der Waals surface area contributed by atoms with Gasteiger partial charge >= 0.3 is 0 Å². The molecule has 0 spiro atoms. The lowest BCUT2D eigenvalue weighted by atomic mass is 9.79. The zero-order valence-electron chi connectivity index (χ0n) is 19.2. The topological polar surface area (TPSA) is 67.9 Å². The van der Waals surface area contributed by atoms with Crippen LogP contribution in [0.5, 0.6) is 5.75 Å². The number of hydrogen-bond donors (Lipinski definition) is 1. The van der Waals surface area contributed by atoms with E-state index in [-0.39, 0.29) is 24.2 Å². The highest BCUT2D eigenvalue weighted by molar-refractivity contribution is 6.01. The van der Waals surface area contributed by atoms with E-state index in [1.807, 2.05) is 36.4 Å². The van der Waals surface area contributed by atoms with Crippen LogP contribution in [0.15, 0.2) is 72.8 Å². The van der Waals surface area contributed by atoms with E-state index in [1.54, 1.807) is 43.4 Å². The van der Waals surface area contributed by atoms with Crippen LogP contribution in [-0.4, -0.2) is 44.1 Å². The van der Waals surface area contributed by atoms with Gasteiger partial charge in [0.05, 0.1) is 25.7 Å². The first kappa shape index (κ1) is 23.4. The molecule has 0 saturated heterocycles. The van der Waals surface area contributed by atoms with E-state index in [1.165, 1.54) is 12.1 Å². The number of halogens is 1. The minimum Gasteiger partial charge on any atom is -0.497 e. The Labute approximate surface area is 198 Å². The molecule has 176 valence electrons. The van der Waals surface area contributed by atoms with E-state index >= 15 is 0 Å². The number of rotatable bonds is 8. The molecule has 0 bridgehead atoms. The highest BCUT2D eigenvalue weighted by atomic mass is 19.1. The normalized spacial score (nSPS) is 17.3. The molecule has 34 heavy (non-hydrogen) atoms. The highest BCUT2D eigenvalue weighted by Crippen LogP contribution is 2.43. The molecule has 1 N–H and O–H groups in total. The molecule has 3 aromatic rings. The average Bonchev–Trinajstić information content (AvgIpc) is 2.87. The lowest BCUT2D eigenvalue weighted by molar-refractivity contribution is -0.124. The van der Waals surface area contributed by atoms with E-state index in [0.29, 0.717) is 30.0 Å². The maximum atomic E-state index is 13.7. The van der Waals surface area contributed by atoms with Gasteiger partial charge in [-0.2, -0.15) is 0 Å². The van der Waals surface area contributed by atoms with Crippen molar-refractivity contribution in [2.45, 2.75) is 18.5 Å². The van der Waals surface area contributed by atoms with Crippen molar-refractivity contribution in [3.8, 4) is 5.75 Å². The standard InChI is InChI=1S/C27H27FN2O4/c1-33-16-15-29-26(31)24-22-5-3-4-6-23(22)27(32)30(17-18-7-11-20(28)12-8-18)25(24)19-9-13-21(34-2)14-10-19/h3-14,24-25H,15-17H2,1-2H3,(H,29,31)/t24-,25+/m1/s1. The van der Waals surface area contributed by atoms with Crippen molar-refractivity contribution in [2.75, 3.05) is 27.4 Å². The van der Waals surface area contributed by atoms with Gasteiger partial charge in [0.15, 0.2) is 0 Å². The third kappa shape index (κ3) is 4.79. The fraction of sp³-hybridized carbons (Fsp3) is 0.259. The minimum absolute atomic E-state index is 0.179. The monoisotopic (exact) mass is 462 g/mol. The highest BCUT2D eigenvalue weighted by Gasteiger charge is 2.44. The number of nitrogens with zero attached hydrogens (tertiary/aromatic N) is 1. The lowest BCUT2D eigenvalue weighted by Gasteiger charge is -2.42. The van der Waals surface area contributed by atoms with Crippen LogP contribution in [0.4, 0.5) is 4.39 Å². The fourth-order valence-corrected chi connectivity index (χ4v) is 4.40. The molecular weight excluding hydrogens is 435 g/mol. The fourth-order valence-electron chi connectivity index (χ4n) is 4.40.